The minimum Gasteiger partial charge on any atom is -0.388 e. The number of hydrogen-bond acceptors (Lipinski definition) is 2. The Kier molecular flexibility index (Phi) is 6.33. The first-order valence-corrected chi connectivity index (χ1v) is 6.56. The number of aliphatic hydroxyl groups excluding tert-OH is 1. The monoisotopic (exact) mass is 269 g/mol. The fourth-order valence-corrected chi connectivity index (χ4v) is 2.07. The molecule has 0 saturated heterocycles. The summed E-state index contributed by atoms with van der Waals surface area (Å²) in [6, 6.07) is 7.35. The van der Waals surface area contributed by atoms with Crippen LogP contribution in [0.2, 0.25) is 5.02 Å². The Labute approximate surface area is 114 Å². The highest BCUT2D eigenvalue weighted by Gasteiger charge is 2.14. The van der Waals surface area contributed by atoms with Crippen LogP contribution in [0.1, 0.15) is 30.9 Å². The molecule has 1 unspecified atom stereocenters. The second-order valence-corrected chi connectivity index (χ2v) is 5.00. The average Bonchev–Trinajstić information content (AvgIpc) is 2.34. The number of hydrogen-bond donors (Lipinski definition) is 2. The van der Waals surface area contributed by atoms with Gasteiger partial charge in [0.15, 0.2) is 0 Å². The van der Waals surface area contributed by atoms with Gasteiger partial charge in [-0.2, -0.15) is 0 Å². The molecule has 2 N–H and O–H groups in total. The van der Waals surface area contributed by atoms with Gasteiger partial charge in [0.05, 0.1) is 6.10 Å². The lowest BCUT2D eigenvalue weighted by molar-refractivity contribution is -0.537. The number of nitrogens with zero attached hydrogens (tertiary/aromatic N) is 1. The SMILES string of the molecule is C=[N+](C)C(CCC[C@H](O)c1ccc(Cl)cc1)NC. The van der Waals surface area contributed by atoms with Crippen LogP contribution in [-0.4, -0.2) is 36.7 Å². The molecule has 3 nitrogen and oxygen atoms in total. The van der Waals surface area contributed by atoms with Crippen molar-refractivity contribution in [3.63, 3.8) is 0 Å². The van der Waals surface area contributed by atoms with Gasteiger partial charge in [0.2, 0.25) is 6.17 Å². The zero-order chi connectivity index (χ0) is 13.5. The summed E-state index contributed by atoms with van der Waals surface area (Å²) < 4.78 is 1.90. The number of aliphatic hydroxyl groups is 1. The molecule has 0 amide bonds. The van der Waals surface area contributed by atoms with E-state index in [1.165, 1.54) is 0 Å². The van der Waals surface area contributed by atoms with Gasteiger partial charge in [-0.25, -0.2) is 4.58 Å². The van der Waals surface area contributed by atoms with E-state index in [9.17, 15) is 5.11 Å². The van der Waals surface area contributed by atoms with Crippen LogP contribution < -0.4 is 5.32 Å². The van der Waals surface area contributed by atoms with Gasteiger partial charge in [-0.15, -0.1) is 0 Å². The number of nitrogens with one attached hydrogen (secondary N) is 1. The van der Waals surface area contributed by atoms with Crippen molar-refractivity contribution in [3.8, 4) is 0 Å². The summed E-state index contributed by atoms with van der Waals surface area (Å²) in [4.78, 5) is 0. The molecular formula is C14H22ClN2O+. The van der Waals surface area contributed by atoms with Crippen LogP contribution in [0.15, 0.2) is 24.3 Å². The first kappa shape index (κ1) is 15.2. The van der Waals surface area contributed by atoms with E-state index in [0.29, 0.717) is 5.02 Å². The predicted octanol–water partition coefficient (Wildman–Crippen LogP) is 2.43. The Bertz CT molecular complexity index is 378. The highest BCUT2D eigenvalue weighted by atomic mass is 35.5. The van der Waals surface area contributed by atoms with Crippen LogP contribution in [0, 0.1) is 0 Å². The minimum absolute atomic E-state index is 0.252. The Balaban J connectivity index is 2.39. The van der Waals surface area contributed by atoms with E-state index in [0.717, 1.165) is 24.8 Å². The Hall–Kier alpha value is -0.900. The summed E-state index contributed by atoms with van der Waals surface area (Å²) in [6.45, 7) is 3.87. The fourth-order valence-electron chi connectivity index (χ4n) is 1.94. The molecule has 1 aromatic carbocycles. The third-order valence-corrected chi connectivity index (χ3v) is 3.33. The van der Waals surface area contributed by atoms with Gasteiger partial charge in [-0.1, -0.05) is 23.7 Å². The molecule has 0 aliphatic rings. The predicted molar refractivity (Wildman–Crippen MR) is 76.4 cm³/mol. The first-order chi connectivity index (χ1) is 8.54. The fraction of sp³-hybridized carbons (Fsp3) is 0.500. The van der Waals surface area contributed by atoms with Crippen LogP contribution >= 0.6 is 11.6 Å². The molecule has 1 aromatic rings. The molecule has 1 rings (SSSR count). The van der Waals surface area contributed by atoms with Crippen molar-refractivity contribution in [2.24, 2.45) is 0 Å². The van der Waals surface area contributed by atoms with Crippen molar-refractivity contribution < 1.29 is 9.68 Å². The van der Waals surface area contributed by atoms with E-state index < -0.39 is 6.10 Å². The molecule has 4 heteroatoms. The molecule has 0 fully saturated rings. The van der Waals surface area contributed by atoms with E-state index in [1.807, 2.05) is 30.8 Å². The molecule has 0 spiro atoms. The quantitative estimate of drug-likeness (QED) is 0.453. The second-order valence-electron chi connectivity index (χ2n) is 4.56. The number of benzene rings is 1. The van der Waals surface area contributed by atoms with Crippen LogP contribution in [0.3, 0.4) is 0 Å². The third kappa shape index (κ3) is 4.77. The average molecular weight is 270 g/mol. The van der Waals surface area contributed by atoms with Gasteiger partial charge in [0, 0.05) is 11.4 Å². The topological polar surface area (TPSA) is 35.3 Å². The van der Waals surface area contributed by atoms with Crippen LogP contribution in [0.25, 0.3) is 0 Å². The van der Waals surface area contributed by atoms with Gasteiger partial charge in [-0.3, -0.25) is 5.32 Å². The summed E-state index contributed by atoms with van der Waals surface area (Å²) >= 11 is 5.81. The summed E-state index contributed by atoms with van der Waals surface area (Å²) in [5.74, 6) is 0. The van der Waals surface area contributed by atoms with Crippen LogP contribution in [-0.2, 0) is 0 Å². The lowest BCUT2D eigenvalue weighted by atomic mass is 10.0. The summed E-state index contributed by atoms with van der Waals surface area (Å²) in [5.41, 5.74) is 0.920. The molecule has 0 aromatic heterocycles. The van der Waals surface area contributed by atoms with Crippen LogP contribution in [0.4, 0.5) is 0 Å². The molecule has 0 saturated carbocycles. The highest BCUT2D eigenvalue weighted by molar-refractivity contribution is 6.30. The molecule has 0 aliphatic carbocycles. The van der Waals surface area contributed by atoms with Crippen molar-refractivity contribution in [1.29, 1.82) is 0 Å². The van der Waals surface area contributed by atoms with Crippen LogP contribution in [0.5, 0.6) is 0 Å². The zero-order valence-corrected chi connectivity index (χ0v) is 11.8. The van der Waals surface area contributed by atoms with E-state index in [4.69, 9.17) is 11.6 Å². The van der Waals surface area contributed by atoms with E-state index in [-0.39, 0.29) is 6.17 Å². The molecule has 0 radical (unpaired) electrons. The number of halogens is 1. The second kappa shape index (κ2) is 7.52. The molecule has 2 atom stereocenters. The smallest absolute Gasteiger partial charge is 0.205 e. The lowest BCUT2D eigenvalue weighted by Gasteiger charge is -2.14. The van der Waals surface area contributed by atoms with Crippen molar-refractivity contribution in [3.05, 3.63) is 34.9 Å². The molecule has 18 heavy (non-hydrogen) atoms. The maximum atomic E-state index is 10.0. The molecule has 0 heterocycles. The van der Waals surface area contributed by atoms with E-state index in [1.54, 1.807) is 12.1 Å². The van der Waals surface area contributed by atoms with Crippen molar-refractivity contribution >= 4 is 18.3 Å². The molecule has 100 valence electrons. The Morgan fingerprint density at radius 2 is 1.94 bits per heavy atom. The van der Waals surface area contributed by atoms with Gasteiger partial charge in [-0.05, 0) is 37.6 Å². The van der Waals surface area contributed by atoms with Crippen molar-refractivity contribution in [1.82, 2.24) is 5.32 Å². The largest absolute Gasteiger partial charge is 0.388 e. The van der Waals surface area contributed by atoms with Gasteiger partial charge in [0.1, 0.15) is 13.8 Å². The van der Waals surface area contributed by atoms with E-state index in [2.05, 4.69) is 12.0 Å². The van der Waals surface area contributed by atoms with Gasteiger partial charge < -0.3 is 5.11 Å². The van der Waals surface area contributed by atoms with Gasteiger partial charge in [0.25, 0.3) is 0 Å². The molecule has 0 bridgehead atoms. The summed E-state index contributed by atoms with van der Waals surface area (Å²) in [7, 11) is 3.86. The number of rotatable bonds is 7. The van der Waals surface area contributed by atoms with E-state index >= 15 is 0 Å². The molecule has 0 aliphatic heterocycles. The maximum absolute atomic E-state index is 10.0. The summed E-state index contributed by atoms with van der Waals surface area (Å²) in [6.07, 6.45) is 2.47. The molecular weight excluding hydrogens is 248 g/mol. The Morgan fingerprint density at radius 1 is 1.33 bits per heavy atom. The van der Waals surface area contributed by atoms with Crippen molar-refractivity contribution in [2.75, 3.05) is 14.1 Å². The standard InChI is InChI=1S/C14H22ClN2O/c1-16-14(17(2)3)6-4-5-13(18)11-7-9-12(15)10-8-11/h7-10,13-14,16,18H,2,4-6H2,1,3H3/q+1/t13-,14?/m0/s1. The maximum Gasteiger partial charge on any atom is 0.205 e. The van der Waals surface area contributed by atoms with Gasteiger partial charge >= 0.3 is 0 Å². The third-order valence-electron chi connectivity index (χ3n) is 3.08. The summed E-state index contributed by atoms with van der Waals surface area (Å²) in [5, 5.41) is 13.9. The van der Waals surface area contributed by atoms with Crippen molar-refractivity contribution in [2.45, 2.75) is 31.5 Å². The first-order valence-electron chi connectivity index (χ1n) is 6.18. The minimum atomic E-state index is -0.421. The Morgan fingerprint density at radius 3 is 2.44 bits per heavy atom. The highest BCUT2D eigenvalue weighted by Crippen LogP contribution is 2.21. The normalized spacial score (nSPS) is 14.2. The zero-order valence-electron chi connectivity index (χ0n) is 11.1. The lowest BCUT2D eigenvalue weighted by Crippen LogP contribution is -2.34.